The van der Waals surface area contributed by atoms with Crippen LogP contribution in [-0.2, 0) is 9.53 Å². The van der Waals surface area contributed by atoms with Crippen LogP contribution in [0.15, 0.2) is 30.3 Å². The second-order valence-corrected chi connectivity index (χ2v) is 3.53. The van der Waals surface area contributed by atoms with Gasteiger partial charge >= 0.3 is 6.09 Å². The quantitative estimate of drug-likeness (QED) is 0.800. The molecule has 2 rings (SSSR count). The normalized spacial score (nSPS) is 18.8. The predicted molar refractivity (Wildman–Crippen MR) is 58.1 cm³/mol. The van der Waals surface area contributed by atoms with Crippen LogP contribution >= 0.6 is 0 Å². The van der Waals surface area contributed by atoms with Crippen molar-refractivity contribution in [3.05, 3.63) is 30.3 Å². The summed E-state index contributed by atoms with van der Waals surface area (Å²) in [5.41, 5.74) is 0.786. The van der Waals surface area contributed by atoms with E-state index in [-0.39, 0.29) is 12.5 Å². The Bertz CT molecular complexity index is 405. The van der Waals surface area contributed by atoms with Gasteiger partial charge in [-0.2, -0.15) is 0 Å². The highest BCUT2D eigenvalue weighted by atomic mass is 16.6. The van der Waals surface area contributed by atoms with Gasteiger partial charge in [0.1, 0.15) is 12.6 Å². The number of benzene rings is 1. The lowest BCUT2D eigenvalue weighted by molar-refractivity contribution is -0.120. The third-order valence-electron chi connectivity index (χ3n) is 2.45. The van der Waals surface area contributed by atoms with E-state index in [2.05, 4.69) is 10.1 Å². The van der Waals surface area contributed by atoms with Crippen LogP contribution in [0.3, 0.4) is 0 Å². The van der Waals surface area contributed by atoms with Gasteiger partial charge in [-0.1, -0.05) is 18.2 Å². The molecule has 16 heavy (non-hydrogen) atoms. The summed E-state index contributed by atoms with van der Waals surface area (Å²) in [7, 11) is 1.67. The molecule has 0 aliphatic carbocycles. The fourth-order valence-corrected chi connectivity index (χ4v) is 1.53. The summed E-state index contributed by atoms with van der Waals surface area (Å²) in [6.07, 6.45) is -0.542. The number of para-hydroxylation sites is 1. The van der Waals surface area contributed by atoms with Gasteiger partial charge in [-0.15, -0.1) is 0 Å². The molecule has 5 heteroatoms. The lowest BCUT2D eigenvalue weighted by Crippen LogP contribution is -2.43. The van der Waals surface area contributed by atoms with Crippen LogP contribution in [0.5, 0.6) is 0 Å². The zero-order valence-electron chi connectivity index (χ0n) is 8.84. The number of nitrogens with one attached hydrogen (secondary N) is 1. The van der Waals surface area contributed by atoms with E-state index < -0.39 is 12.1 Å². The van der Waals surface area contributed by atoms with Gasteiger partial charge in [-0.05, 0) is 12.1 Å². The third-order valence-corrected chi connectivity index (χ3v) is 2.45. The Morgan fingerprint density at radius 1 is 1.44 bits per heavy atom. The van der Waals surface area contributed by atoms with Gasteiger partial charge in [-0.25, -0.2) is 4.79 Å². The number of carbonyl (C=O) groups is 2. The van der Waals surface area contributed by atoms with E-state index in [1.165, 1.54) is 4.90 Å². The Labute approximate surface area is 93.0 Å². The smallest absolute Gasteiger partial charge is 0.407 e. The molecular formula is C11H12N2O3. The van der Waals surface area contributed by atoms with E-state index in [4.69, 9.17) is 0 Å². The van der Waals surface area contributed by atoms with Gasteiger partial charge in [0, 0.05) is 12.7 Å². The average molecular weight is 220 g/mol. The number of hydrogen-bond acceptors (Lipinski definition) is 3. The van der Waals surface area contributed by atoms with Crippen molar-refractivity contribution >= 4 is 17.7 Å². The number of nitrogens with zero attached hydrogens (tertiary/aromatic N) is 1. The zero-order chi connectivity index (χ0) is 11.5. The molecule has 5 nitrogen and oxygen atoms in total. The van der Waals surface area contributed by atoms with Crippen LogP contribution in [0.1, 0.15) is 0 Å². The Hall–Kier alpha value is -2.04. The molecule has 1 saturated heterocycles. The standard InChI is InChI=1S/C11H12N2O3/c1-13(8-5-3-2-4-6-8)10(14)9-7-16-11(15)12-9/h2-6,9H,7H2,1H3,(H,12,15). The van der Waals surface area contributed by atoms with Crippen molar-refractivity contribution in [3.8, 4) is 0 Å². The van der Waals surface area contributed by atoms with Crippen molar-refractivity contribution in [1.29, 1.82) is 0 Å². The van der Waals surface area contributed by atoms with E-state index in [0.29, 0.717) is 0 Å². The third kappa shape index (κ3) is 1.98. The van der Waals surface area contributed by atoms with Crippen molar-refractivity contribution in [2.24, 2.45) is 0 Å². The number of cyclic esters (lactones) is 1. The van der Waals surface area contributed by atoms with Crippen molar-refractivity contribution in [3.63, 3.8) is 0 Å². The topological polar surface area (TPSA) is 58.6 Å². The van der Waals surface area contributed by atoms with Gasteiger partial charge in [0.25, 0.3) is 5.91 Å². The molecule has 1 atom stereocenters. The maximum Gasteiger partial charge on any atom is 0.407 e. The highest BCUT2D eigenvalue weighted by molar-refractivity contribution is 5.99. The second-order valence-electron chi connectivity index (χ2n) is 3.53. The van der Waals surface area contributed by atoms with E-state index in [9.17, 15) is 9.59 Å². The summed E-state index contributed by atoms with van der Waals surface area (Å²) in [5, 5.41) is 2.45. The summed E-state index contributed by atoms with van der Waals surface area (Å²) >= 11 is 0. The van der Waals surface area contributed by atoms with Crippen LogP contribution in [0.4, 0.5) is 10.5 Å². The van der Waals surface area contributed by atoms with E-state index in [1.807, 2.05) is 30.3 Å². The lowest BCUT2D eigenvalue weighted by Gasteiger charge is -2.19. The van der Waals surface area contributed by atoms with Crippen LogP contribution in [0, 0.1) is 0 Å². The fourth-order valence-electron chi connectivity index (χ4n) is 1.53. The van der Waals surface area contributed by atoms with Gasteiger partial charge in [0.05, 0.1) is 0 Å². The molecule has 1 aliphatic heterocycles. The van der Waals surface area contributed by atoms with Crippen LogP contribution < -0.4 is 10.2 Å². The van der Waals surface area contributed by atoms with E-state index in [0.717, 1.165) is 5.69 Å². The molecule has 0 radical (unpaired) electrons. The molecule has 1 heterocycles. The second kappa shape index (κ2) is 4.22. The predicted octanol–water partition coefficient (Wildman–Crippen LogP) is 0.758. The fraction of sp³-hybridized carbons (Fsp3) is 0.273. The van der Waals surface area contributed by atoms with E-state index in [1.54, 1.807) is 7.05 Å². The van der Waals surface area contributed by atoms with Crippen LogP contribution in [0.25, 0.3) is 0 Å². The molecule has 1 N–H and O–H groups in total. The van der Waals surface area contributed by atoms with Gasteiger partial charge in [-0.3, -0.25) is 4.79 Å². The molecule has 0 aromatic heterocycles. The number of alkyl carbamates (subject to hydrolysis) is 1. The number of ether oxygens (including phenoxy) is 1. The van der Waals surface area contributed by atoms with Crippen molar-refractivity contribution in [1.82, 2.24) is 5.32 Å². The number of rotatable bonds is 2. The Kier molecular flexibility index (Phi) is 2.76. The van der Waals surface area contributed by atoms with Gasteiger partial charge in [0.2, 0.25) is 0 Å². The average Bonchev–Trinajstić information content (AvgIpc) is 2.75. The summed E-state index contributed by atoms with van der Waals surface area (Å²) in [6.45, 7) is 0.0921. The minimum atomic E-state index is -0.585. The summed E-state index contributed by atoms with van der Waals surface area (Å²) in [4.78, 5) is 24.2. The SMILES string of the molecule is CN(C(=O)C1COC(=O)N1)c1ccccc1. The minimum Gasteiger partial charge on any atom is -0.447 e. The maximum atomic E-state index is 11.9. The van der Waals surface area contributed by atoms with Crippen LogP contribution in [-0.4, -0.2) is 31.7 Å². The Balaban J connectivity index is 2.08. The van der Waals surface area contributed by atoms with Gasteiger partial charge < -0.3 is 15.0 Å². The number of carbonyl (C=O) groups excluding carboxylic acids is 2. The molecular weight excluding hydrogens is 208 g/mol. The first-order chi connectivity index (χ1) is 7.68. The van der Waals surface area contributed by atoms with Crippen molar-refractivity contribution in [2.45, 2.75) is 6.04 Å². The molecule has 1 unspecified atom stereocenters. The molecule has 2 amide bonds. The molecule has 0 bridgehead atoms. The number of amides is 2. The zero-order valence-corrected chi connectivity index (χ0v) is 8.84. The van der Waals surface area contributed by atoms with Crippen LogP contribution in [0.2, 0.25) is 0 Å². The molecule has 1 fully saturated rings. The number of likely N-dealkylation sites (N-methyl/N-ethyl adjacent to an activating group) is 1. The summed E-state index contributed by atoms with van der Waals surface area (Å²) in [5.74, 6) is -0.183. The Morgan fingerprint density at radius 3 is 2.69 bits per heavy atom. The van der Waals surface area contributed by atoms with Gasteiger partial charge in [0.15, 0.2) is 0 Å². The monoisotopic (exact) mass is 220 g/mol. The Morgan fingerprint density at radius 2 is 2.12 bits per heavy atom. The summed E-state index contributed by atoms with van der Waals surface area (Å²) in [6, 6.07) is 8.65. The van der Waals surface area contributed by atoms with Crippen molar-refractivity contribution in [2.75, 3.05) is 18.6 Å². The van der Waals surface area contributed by atoms with E-state index >= 15 is 0 Å². The molecule has 1 aromatic carbocycles. The molecule has 0 spiro atoms. The first-order valence-corrected chi connectivity index (χ1v) is 4.94. The lowest BCUT2D eigenvalue weighted by atomic mass is 10.2. The van der Waals surface area contributed by atoms with Crippen molar-refractivity contribution < 1.29 is 14.3 Å². The largest absolute Gasteiger partial charge is 0.447 e. The number of anilines is 1. The molecule has 84 valence electrons. The highest BCUT2D eigenvalue weighted by Gasteiger charge is 2.31. The molecule has 1 aromatic rings. The molecule has 0 saturated carbocycles. The first kappa shape index (κ1) is 10.5. The minimum absolute atomic E-state index is 0.0921. The molecule has 1 aliphatic rings. The number of hydrogen-bond donors (Lipinski definition) is 1. The summed E-state index contributed by atoms with van der Waals surface area (Å²) < 4.78 is 4.68. The maximum absolute atomic E-state index is 11.9. The highest BCUT2D eigenvalue weighted by Crippen LogP contribution is 2.13. The first-order valence-electron chi connectivity index (χ1n) is 4.94.